The fourth-order valence-electron chi connectivity index (χ4n) is 5.69. The fourth-order valence-corrected chi connectivity index (χ4v) is 5.69. The number of anilines is 2. The quantitative estimate of drug-likeness (QED) is 0.0332. The Morgan fingerprint density at radius 2 is 1.36 bits per heavy atom. The second kappa shape index (κ2) is 24.0. The lowest BCUT2D eigenvalue weighted by molar-refractivity contribution is -0.139. The largest absolute Gasteiger partial charge is 0.424 e. The number of carbonyl (C=O) groups excluding carboxylic acids is 1. The van der Waals surface area contributed by atoms with Gasteiger partial charge in [0, 0.05) is 42.6 Å². The number of hydrogen-bond acceptors (Lipinski definition) is 17. The van der Waals surface area contributed by atoms with Gasteiger partial charge in [-0.05, 0) is 23.7 Å². The highest BCUT2D eigenvalue weighted by Gasteiger charge is 2.32. The zero-order valence-corrected chi connectivity index (χ0v) is 31.5. The van der Waals surface area contributed by atoms with Crippen molar-refractivity contribution in [3.8, 4) is 11.3 Å². The summed E-state index contributed by atoms with van der Waals surface area (Å²) >= 11 is 0. The zero-order chi connectivity index (χ0) is 39.2. The lowest BCUT2D eigenvalue weighted by Crippen LogP contribution is -2.51. The number of oxazole rings is 1. The first-order chi connectivity index (χ1) is 27.5. The van der Waals surface area contributed by atoms with Gasteiger partial charge < -0.3 is 58.7 Å². The molecule has 4 heterocycles. The molecule has 0 aliphatic carbocycles. The summed E-state index contributed by atoms with van der Waals surface area (Å²) in [6.45, 7) is 9.21. The van der Waals surface area contributed by atoms with Crippen LogP contribution in [-0.4, -0.2) is 161 Å². The van der Waals surface area contributed by atoms with Gasteiger partial charge in [-0.25, -0.2) is 14.6 Å². The number of ether oxygens (including phenoxy) is 8. The lowest BCUT2D eigenvalue weighted by Gasteiger charge is -2.39. The van der Waals surface area contributed by atoms with Gasteiger partial charge in [-0.3, -0.25) is 4.79 Å². The monoisotopic (exact) mass is 785 g/mol. The van der Waals surface area contributed by atoms with Crippen LogP contribution < -0.4 is 11.5 Å². The van der Waals surface area contributed by atoms with Gasteiger partial charge in [0.15, 0.2) is 11.2 Å². The SMILES string of the molecule is [N-]=[N+]=NCCOCCOCCOCCOCCOCCOCCOCCOCCC(=O)N1CC(Cn2nc(-c3ccc4oc(N)nc4c3)c3c(N)ncnc32)C1. The van der Waals surface area contributed by atoms with E-state index in [9.17, 15) is 4.79 Å². The predicted octanol–water partition coefficient (Wildman–Crippen LogP) is 2.09. The molecule has 4 N–H and O–H groups in total. The molecule has 4 aromatic rings. The summed E-state index contributed by atoms with van der Waals surface area (Å²) in [6.07, 6.45) is 1.73. The standard InChI is InChI=1S/C35H51N11O10/c36-33-31-32(27-1-2-29-28(21-27)42-35(37)56-29)43-46(34(31)40-25-39-33)24-26-22-45(23-26)30(47)3-5-48-7-9-50-11-13-52-15-17-54-19-20-55-18-16-53-14-12-51-10-8-49-6-4-41-44-38/h1-2,21,25-26H,3-20,22-24H2,(H2,37,42)(H2,36,39,40). The van der Waals surface area contributed by atoms with Crippen molar-refractivity contribution in [3.63, 3.8) is 0 Å². The maximum Gasteiger partial charge on any atom is 0.292 e. The van der Waals surface area contributed by atoms with Gasteiger partial charge in [0.05, 0.1) is 118 Å². The van der Waals surface area contributed by atoms with Crippen molar-refractivity contribution in [2.24, 2.45) is 11.0 Å². The number of nitrogen functional groups attached to an aromatic ring is 2. The molecule has 21 nitrogen and oxygen atoms in total. The van der Waals surface area contributed by atoms with Crippen LogP contribution in [0.2, 0.25) is 0 Å². The summed E-state index contributed by atoms with van der Waals surface area (Å²) < 4.78 is 50.9. The Kier molecular flexibility index (Phi) is 18.2. The molecule has 0 spiro atoms. The maximum atomic E-state index is 12.7. The number of nitrogens with two attached hydrogens (primary N) is 2. The summed E-state index contributed by atoms with van der Waals surface area (Å²) in [5.74, 6) is 0.602. The molecule has 56 heavy (non-hydrogen) atoms. The number of carbonyl (C=O) groups is 1. The van der Waals surface area contributed by atoms with Gasteiger partial charge in [-0.15, -0.1) is 0 Å². The highest BCUT2D eigenvalue weighted by atomic mass is 16.6. The lowest BCUT2D eigenvalue weighted by atomic mass is 10.00. The third-order valence-electron chi connectivity index (χ3n) is 8.44. The molecule has 1 aromatic carbocycles. The molecular formula is C35H51N11O10. The molecule has 1 saturated heterocycles. The molecule has 1 aliphatic heterocycles. The number of azide groups is 1. The minimum atomic E-state index is 0.0500. The van der Waals surface area contributed by atoms with Crippen LogP contribution in [0.4, 0.5) is 11.8 Å². The molecule has 0 bridgehead atoms. The van der Waals surface area contributed by atoms with Gasteiger partial charge in [-0.1, -0.05) is 5.11 Å². The number of likely N-dealkylation sites (tertiary alicyclic amines) is 1. The van der Waals surface area contributed by atoms with Gasteiger partial charge in [0.25, 0.3) is 6.01 Å². The molecule has 0 saturated carbocycles. The van der Waals surface area contributed by atoms with Crippen LogP contribution in [0.15, 0.2) is 34.1 Å². The van der Waals surface area contributed by atoms with E-state index in [-0.39, 0.29) is 17.8 Å². The summed E-state index contributed by atoms with van der Waals surface area (Å²) in [4.78, 5) is 30.0. The second-order valence-corrected chi connectivity index (χ2v) is 12.5. The summed E-state index contributed by atoms with van der Waals surface area (Å²) in [7, 11) is 0. The first-order valence-corrected chi connectivity index (χ1v) is 18.6. The third kappa shape index (κ3) is 13.8. The van der Waals surface area contributed by atoms with Gasteiger partial charge in [0.1, 0.15) is 23.4 Å². The number of benzene rings is 1. The first-order valence-electron chi connectivity index (χ1n) is 18.6. The Labute approximate surface area is 323 Å². The van der Waals surface area contributed by atoms with E-state index in [2.05, 4.69) is 25.0 Å². The topological polar surface area (TPSA) is 265 Å². The maximum absolute atomic E-state index is 12.7. The van der Waals surface area contributed by atoms with E-state index in [1.165, 1.54) is 6.33 Å². The summed E-state index contributed by atoms with van der Waals surface area (Å²) in [5.41, 5.74) is 23.4. The molecule has 3 aromatic heterocycles. The Balaban J connectivity index is 0.806. The van der Waals surface area contributed by atoms with Crippen LogP contribution in [-0.2, 0) is 49.2 Å². The van der Waals surface area contributed by atoms with Crippen molar-refractivity contribution in [1.82, 2.24) is 29.6 Å². The molecule has 0 atom stereocenters. The number of fused-ring (bicyclic) bond motifs is 2. The van der Waals surface area contributed by atoms with Crippen molar-refractivity contribution < 1.29 is 47.1 Å². The third-order valence-corrected chi connectivity index (χ3v) is 8.44. The Hall–Kier alpha value is -4.70. The van der Waals surface area contributed by atoms with Crippen LogP contribution in [0.1, 0.15) is 6.42 Å². The normalized spacial score (nSPS) is 13.1. The molecular weight excluding hydrogens is 734 g/mol. The van der Waals surface area contributed by atoms with Gasteiger partial charge in [0.2, 0.25) is 5.91 Å². The van der Waals surface area contributed by atoms with E-state index in [0.29, 0.717) is 172 Å². The average Bonchev–Trinajstić information content (AvgIpc) is 3.75. The number of hydrogen-bond donors (Lipinski definition) is 2. The molecule has 0 radical (unpaired) electrons. The van der Waals surface area contributed by atoms with E-state index < -0.39 is 0 Å². The van der Waals surface area contributed by atoms with Crippen LogP contribution in [0.25, 0.3) is 43.8 Å². The Morgan fingerprint density at radius 1 is 0.804 bits per heavy atom. The number of aromatic nitrogens is 5. The minimum Gasteiger partial charge on any atom is -0.424 e. The minimum absolute atomic E-state index is 0.0500. The van der Waals surface area contributed by atoms with Crippen molar-refractivity contribution >= 4 is 39.9 Å². The molecule has 0 unspecified atom stereocenters. The van der Waals surface area contributed by atoms with E-state index in [1.54, 1.807) is 6.07 Å². The van der Waals surface area contributed by atoms with Crippen molar-refractivity contribution in [2.75, 3.05) is 137 Å². The first kappa shape index (κ1) is 42.4. The fraction of sp³-hybridized carbons (Fsp3) is 0.629. The number of rotatable bonds is 30. The zero-order valence-electron chi connectivity index (χ0n) is 31.5. The van der Waals surface area contributed by atoms with Crippen LogP contribution in [0, 0.1) is 5.92 Å². The van der Waals surface area contributed by atoms with E-state index in [0.717, 1.165) is 5.56 Å². The molecule has 5 rings (SSSR count). The van der Waals surface area contributed by atoms with E-state index in [4.69, 9.17) is 64.4 Å². The van der Waals surface area contributed by atoms with Crippen LogP contribution in [0.5, 0.6) is 0 Å². The second-order valence-electron chi connectivity index (χ2n) is 12.5. The highest BCUT2D eigenvalue weighted by molar-refractivity contribution is 5.99. The molecule has 306 valence electrons. The van der Waals surface area contributed by atoms with E-state index >= 15 is 0 Å². The van der Waals surface area contributed by atoms with Crippen LogP contribution in [0.3, 0.4) is 0 Å². The Morgan fingerprint density at radius 3 is 1.93 bits per heavy atom. The van der Waals surface area contributed by atoms with Gasteiger partial charge in [-0.2, -0.15) is 10.1 Å². The number of nitrogens with zero attached hydrogens (tertiary/aromatic N) is 9. The van der Waals surface area contributed by atoms with Gasteiger partial charge >= 0.3 is 0 Å². The number of amides is 1. The molecule has 1 fully saturated rings. The van der Waals surface area contributed by atoms with Crippen molar-refractivity contribution in [1.29, 1.82) is 0 Å². The molecule has 21 heteroatoms. The van der Waals surface area contributed by atoms with Crippen molar-refractivity contribution in [3.05, 3.63) is 35.0 Å². The summed E-state index contributed by atoms with van der Waals surface area (Å²) in [6, 6.07) is 5.60. The van der Waals surface area contributed by atoms with E-state index in [1.807, 2.05) is 21.7 Å². The van der Waals surface area contributed by atoms with Crippen molar-refractivity contribution in [2.45, 2.75) is 13.0 Å². The smallest absolute Gasteiger partial charge is 0.292 e. The average molecular weight is 786 g/mol. The Bertz CT molecular complexity index is 1810. The molecule has 1 amide bonds. The van der Waals surface area contributed by atoms with Crippen LogP contribution >= 0.6 is 0 Å². The predicted molar refractivity (Wildman–Crippen MR) is 202 cm³/mol. The molecule has 1 aliphatic rings. The highest BCUT2D eigenvalue weighted by Crippen LogP contribution is 2.33. The summed E-state index contributed by atoms with van der Waals surface area (Å²) in [5, 5.41) is 8.88.